The molecule has 0 radical (unpaired) electrons. The number of fused-ring (bicyclic) bond motifs is 1. The summed E-state index contributed by atoms with van der Waals surface area (Å²) in [6.45, 7) is -1.69. The summed E-state index contributed by atoms with van der Waals surface area (Å²) in [4.78, 5) is 11.9. The molecule has 2 rings (SSSR count). The van der Waals surface area contributed by atoms with Crippen molar-refractivity contribution in [2.24, 2.45) is 0 Å². The van der Waals surface area contributed by atoms with Gasteiger partial charge < -0.3 is 25.2 Å². The van der Waals surface area contributed by atoms with E-state index in [4.69, 9.17) is 19.8 Å². The van der Waals surface area contributed by atoms with Gasteiger partial charge in [-0.05, 0) is 12.1 Å². The Hall–Kier alpha value is -1.96. The first-order chi connectivity index (χ1) is 9.64. The van der Waals surface area contributed by atoms with Crippen molar-refractivity contribution in [1.82, 2.24) is 10.5 Å². The molecule has 1 heterocycles. The third-order valence-electron chi connectivity index (χ3n) is 3.09. The van der Waals surface area contributed by atoms with Gasteiger partial charge in [0.25, 0.3) is 0 Å². The highest BCUT2D eigenvalue weighted by molar-refractivity contribution is 5.86. The lowest BCUT2D eigenvalue weighted by Gasteiger charge is -2.28. The van der Waals surface area contributed by atoms with Crippen molar-refractivity contribution in [1.29, 1.82) is 0 Å². The Labute approximate surface area is 114 Å². The minimum atomic E-state index is -1.43. The first-order valence-electron chi connectivity index (χ1n) is 6.11. The molecule has 0 unspecified atom stereocenters. The fourth-order valence-electron chi connectivity index (χ4n) is 1.83. The number of hydrogen-bond donors (Lipinski definition) is 4. The Balaban J connectivity index is 2.12. The summed E-state index contributed by atoms with van der Waals surface area (Å²) in [5.41, 5.74) is -0.398. The molecule has 1 aromatic carbocycles. The first kappa shape index (κ1) is 14.4. The van der Waals surface area contributed by atoms with Crippen molar-refractivity contribution in [3.05, 3.63) is 30.0 Å². The minimum Gasteiger partial charge on any atom is -0.394 e. The Morgan fingerprint density at radius 3 is 2.50 bits per heavy atom. The molecule has 0 saturated carbocycles. The molecule has 20 heavy (non-hydrogen) atoms. The predicted molar refractivity (Wildman–Crippen MR) is 69.8 cm³/mol. The van der Waals surface area contributed by atoms with Gasteiger partial charge in [-0.15, -0.1) is 0 Å². The van der Waals surface area contributed by atoms with Crippen LogP contribution in [0, 0.1) is 0 Å². The van der Waals surface area contributed by atoms with Crippen LogP contribution in [0.2, 0.25) is 0 Å². The van der Waals surface area contributed by atoms with Gasteiger partial charge in [-0.25, -0.2) is 0 Å². The Morgan fingerprint density at radius 1 is 1.20 bits per heavy atom. The van der Waals surface area contributed by atoms with Crippen LogP contribution in [-0.4, -0.2) is 51.7 Å². The molecule has 2 aromatic rings. The highest BCUT2D eigenvalue weighted by Gasteiger charge is 2.30. The lowest BCUT2D eigenvalue weighted by atomic mass is 10.0. The summed E-state index contributed by atoms with van der Waals surface area (Å²) in [5.74, 6) is -0.471. The average Bonchev–Trinajstić information content (AvgIpc) is 2.88. The van der Waals surface area contributed by atoms with Crippen molar-refractivity contribution >= 4 is 16.9 Å². The molecule has 0 bridgehead atoms. The number of benzene rings is 1. The minimum absolute atomic E-state index is 0.0707. The van der Waals surface area contributed by atoms with Crippen LogP contribution in [0.1, 0.15) is 5.69 Å². The number of rotatable bonds is 6. The predicted octanol–water partition coefficient (Wildman–Crippen LogP) is -0.798. The largest absolute Gasteiger partial charge is 0.394 e. The molecule has 0 saturated heterocycles. The molecule has 0 spiro atoms. The quantitative estimate of drug-likeness (QED) is 0.550. The molecule has 1 amide bonds. The van der Waals surface area contributed by atoms with E-state index in [9.17, 15) is 4.79 Å². The maximum Gasteiger partial charge on any atom is 0.226 e. The third-order valence-corrected chi connectivity index (χ3v) is 3.09. The number of carbonyl (C=O) groups is 1. The second kappa shape index (κ2) is 6.00. The van der Waals surface area contributed by atoms with Crippen LogP contribution in [0.3, 0.4) is 0 Å². The van der Waals surface area contributed by atoms with Gasteiger partial charge in [0.1, 0.15) is 11.2 Å². The number of aliphatic hydroxyl groups is 3. The van der Waals surface area contributed by atoms with Crippen LogP contribution in [0.25, 0.3) is 11.0 Å². The summed E-state index contributed by atoms with van der Waals surface area (Å²) in [6, 6.07) is 7.13. The van der Waals surface area contributed by atoms with E-state index in [2.05, 4.69) is 10.5 Å². The monoisotopic (exact) mass is 280 g/mol. The van der Waals surface area contributed by atoms with Gasteiger partial charge in [0, 0.05) is 5.39 Å². The molecule has 0 aliphatic rings. The molecule has 0 atom stereocenters. The molecule has 0 fully saturated rings. The van der Waals surface area contributed by atoms with Crippen molar-refractivity contribution in [3.8, 4) is 0 Å². The standard InChI is InChI=1S/C13H16N2O5/c16-6-13(7-17,8-18)14-12(19)5-10-9-3-1-2-4-11(9)20-15-10/h1-4,16-18H,5-8H2,(H,14,19). The van der Waals surface area contributed by atoms with Gasteiger partial charge in [0.05, 0.1) is 26.2 Å². The molecule has 7 heteroatoms. The second-order valence-electron chi connectivity index (χ2n) is 4.61. The molecule has 0 aliphatic heterocycles. The fourth-order valence-corrected chi connectivity index (χ4v) is 1.83. The second-order valence-corrected chi connectivity index (χ2v) is 4.61. The van der Waals surface area contributed by atoms with Crippen molar-refractivity contribution in [2.75, 3.05) is 19.8 Å². The third kappa shape index (κ3) is 2.79. The number of nitrogens with zero attached hydrogens (tertiary/aromatic N) is 1. The zero-order chi connectivity index (χ0) is 14.6. The van der Waals surface area contributed by atoms with Gasteiger partial charge in [-0.3, -0.25) is 4.79 Å². The number of amides is 1. The van der Waals surface area contributed by atoms with E-state index < -0.39 is 31.3 Å². The lowest BCUT2D eigenvalue weighted by Crippen LogP contribution is -2.57. The van der Waals surface area contributed by atoms with Crippen molar-refractivity contribution in [2.45, 2.75) is 12.0 Å². The van der Waals surface area contributed by atoms with Gasteiger partial charge in [0.2, 0.25) is 5.91 Å². The summed E-state index contributed by atoms with van der Waals surface area (Å²) in [5, 5.41) is 34.4. The molecular formula is C13H16N2O5. The van der Waals surface area contributed by atoms with Crippen molar-refractivity contribution in [3.63, 3.8) is 0 Å². The van der Waals surface area contributed by atoms with Gasteiger partial charge >= 0.3 is 0 Å². The topological polar surface area (TPSA) is 116 Å². The highest BCUT2D eigenvalue weighted by Crippen LogP contribution is 2.18. The van der Waals surface area contributed by atoms with Crippen LogP contribution in [-0.2, 0) is 11.2 Å². The average molecular weight is 280 g/mol. The number of para-hydroxylation sites is 1. The SMILES string of the molecule is O=C(Cc1noc2ccccc12)NC(CO)(CO)CO. The van der Waals surface area contributed by atoms with Crippen LogP contribution in [0.5, 0.6) is 0 Å². The zero-order valence-corrected chi connectivity index (χ0v) is 10.7. The summed E-state index contributed by atoms with van der Waals surface area (Å²) < 4.78 is 5.08. The zero-order valence-electron chi connectivity index (χ0n) is 10.7. The lowest BCUT2D eigenvalue weighted by molar-refractivity contribution is -0.124. The van der Waals surface area contributed by atoms with E-state index in [0.29, 0.717) is 11.3 Å². The number of aromatic nitrogens is 1. The fraction of sp³-hybridized carbons (Fsp3) is 0.385. The summed E-state index contributed by atoms with van der Waals surface area (Å²) >= 11 is 0. The molecular weight excluding hydrogens is 264 g/mol. The maximum absolute atomic E-state index is 11.9. The van der Waals surface area contributed by atoms with Crippen LogP contribution >= 0.6 is 0 Å². The van der Waals surface area contributed by atoms with Crippen LogP contribution in [0.15, 0.2) is 28.8 Å². The maximum atomic E-state index is 11.9. The van der Waals surface area contributed by atoms with E-state index in [1.807, 2.05) is 0 Å². The molecule has 1 aromatic heterocycles. The van der Waals surface area contributed by atoms with Gasteiger partial charge in [0.15, 0.2) is 5.58 Å². The van der Waals surface area contributed by atoms with E-state index in [-0.39, 0.29) is 6.42 Å². The highest BCUT2D eigenvalue weighted by atomic mass is 16.5. The first-order valence-corrected chi connectivity index (χ1v) is 6.11. The van der Waals surface area contributed by atoms with E-state index in [1.54, 1.807) is 24.3 Å². The van der Waals surface area contributed by atoms with Crippen LogP contribution < -0.4 is 5.32 Å². The number of aliphatic hydroxyl groups excluding tert-OH is 3. The molecule has 0 aliphatic carbocycles. The van der Waals surface area contributed by atoms with Gasteiger partial charge in [-0.1, -0.05) is 17.3 Å². The summed E-state index contributed by atoms with van der Waals surface area (Å²) in [6.07, 6.45) is -0.0707. The van der Waals surface area contributed by atoms with Gasteiger partial charge in [-0.2, -0.15) is 0 Å². The van der Waals surface area contributed by atoms with Crippen LogP contribution in [0.4, 0.5) is 0 Å². The smallest absolute Gasteiger partial charge is 0.226 e. The summed E-state index contributed by atoms with van der Waals surface area (Å²) in [7, 11) is 0. The molecule has 108 valence electrons. The number of carbonyl (C=O) groups excluding carboxylic acids is 1. The van der Waals surface area contributed by atoms with Crippen molar-refractivity contribution < 1.29 is 24.6 Å². The Kier molecular flexibility index (Phi) is 4.33. The molecule has 7 nitrogen and oxygen atoms in total. The number of hydrogen-bond acceptors (Lipinski definition) is 6. The number of nitrogens with one attached hydrogen (secondary N) is 1. The molecule has 4 N–H and O–H groups in total. The van der Waals surface area contributed by atoms with E-state index >= 15 is 0 Å². The normalized spacial score (nSPS) is 11.8. The Morgan fingerprint density at radius 2 is 1.85 bits per heavy atom. The Bertz CT molecular complexity index is 583. The van der Waals surface area contributed by atoms with E-state index in [1.165, 1.54) is 0 Å². The van der Waals surface area contributed by atoms with E-state index in [0.717, 1.165) is 5.39 Å².